The smallest absolute Gasteiger partial charge is 0.235 e. The zero-order valence-corrected chi connectivity index (χ0v) is 10.6. The van der Waals surface area contributed by atoms with Crippen LogP contribution in [0.3, 0.4) is 0 Å². The molecule has 0 aliphatic carbocycles. The van der Waals surface area contributed by atoms with Crippen LogP contribution in [0.2, 0.25) is 0 Å². The van der Waals surface area contributed by atoms with Crippen molar-refractivity contribution in [1.82, 2.24) is 4.90 Å². The molecule has 1 rings (SSSR count). The third-order valence-corrected chi connectivity index (χ3v) is 3.93. The normalized spacial score (nSPS) is 29.3. The third kappa shape index (κ3) is 3.11. The molecule has 0 spiro atoms. The molecule has 3 unspecified atom stereocenters. The van der Waals surface area contributed by atoms with Crippen LogP contribution in [0.25, 0.3) is 0 Å². The highest BCUT2D eigenvalue weighted by Gasteiger charge is 2.30. The molecule has 0 radical (unpaired) electrons. The predicted octanol–water partition coefficient (Wildman–Crippen LogP) is 1.17. The zero-order valence-electron chi connectivity index (χ0n) is 9.68. The number of hydrogen-bond acceptors (Lipinski definition) is 3. The van der Waals surface area contributed by atoms with Crippen molar-refractivity contribution in [2.75, 3.05) is 13.1 Å². The molecule has 3 atom stereocenters. The minimum atomic E-state index is -0.379. The number of aliphatic hydroxyl groups is 1. The number of nitrogens with zero attached hydrogens (tertiary/aromatic N) is 1. The Morgan fingerprint density at radius 2 is 2.13 bits per heavy atom. The van der Waals surface area contributed by atoms with Gasteiger partial charge in [-0.05, 0) is 18.3 Å². The number of hydrogen-bond donors (Lipinski definition) is 2. The van der Waals surface area contributed by atoms with E-state index in [2.05, 4.69) is 12.6 Å². The molecule has 3 nitrogen and oxygen atoms in total. The first-order chi connectivity index (χ1) is 6.93. The number of amides is 1. The maximum atomic E-state index is 11.9. The molecule has 0 aromatic heterocycles. The molecule has 1 fully saturated rings. The molecule has 1 amide bonds. The quantitative estimate of drug-likeness (QED) is 0.700. The van der Waals surface area contributed by atoms with Gasteiger partial charge in [0.05, 0.1) is 11.4 Å². The van der Waals surface area contributed by atoms with Crippen LogP contribution in [0.1, 0.15) is 27.2 Å². The van der Waals surface area contributed by atoms with Crippen molar-refractivity contribution in [2.45, 2.75) is 38.5 Å². The lowest BCUT2D eigenvalue weighted by molar-refractivity contribution is -0.135. The lowest BCUT2D eigenvalue weighted by Crippen LogP contribution is -2.49. The van der Waals surface area contributed by atoms with Crippen LogP contribution in [0.15, 0.2) is 0 Å². The highest BCUT2D eigenvalue weighted by Crippen LogP contribution is 2.20. The summed E-state index contributed by atoms with van der Waals surface area (Å²) in [7, 11) is 0. The maximum Gasteiger partial charge on any atom is 0.235 e. The molecule has 1 aliphatic heterocycles. The van der Waals surface area contributed by atoms with E-state index >= 15 is 0 Å². The molecule has 88 valence electrons. The summed E-state index contributed by atoms with van der Waals surface area (Å²) in [5, 5.41) is 9.45. The maximum absolute atomic E-state index is 11.9. The lowest BCUT2D eigenvalue weighted by Gasteiger charge is -2.36. The van der Waals surface area contributed by atoms with Gasteiger partial charge in [-0.1, -0.05) is 20.8 Å². The standard InChI is InChI=1S/C11H21NO2S/c1-7(2)10(15)11(14)12-5-4-8(3)9(13)6-12/h7-10,13,15H,4-6H2,1-3H3. The van der Waals surface area contributed by atoms with Gasteiger partial charge >= 0.3 is 0 Å². The van der Waals surface area contributed by atoms with Crippen LogP contribution in [0.5, 0.6) is 0 Å². The topological polar surface area (TPSA) is 40.5 Å². The minimum absolute atomic E-state index is 0.0549. The monoisotopic (exact) mass is 231 g/mol. The van der Waals surface area contributed by atoms with E-state index in [0.717, 1.165) is 13.0 Å². The van der Waals surface area contributed by atoms with Crippen LogP contribution in [0.4, 0.5) is 0 Å². The Kier molecular flexibility index (Phi) is 4.46. The predicted molar refractivity (Wildman–Crippen MR) is 64.0 cm³/mol. The second-order valence-corrected chi connectivity index (χ2v) is 5.36. The molecule has 15 heavy (non-hydrogen) atoms. The molecule has 0 saturated carbocycles. The van der Waals surface area contributed by atoms with E-state index in [4.69, 9.17) is 0 Å². The van der Waals surface area contributed by atoms with E-state index in [0.29, 0.717) is 12.5 Å². The van der Waals surface area contributed by atoms with Crippen LogP contribution >= 0.6 is 12.6 Å². The van der Waals surface area contributed by atoms with E-state index in [1.807, 2.05) is 20.8 Å². The number of carbonyl (C=O) groups excluding carboxylic acids is 1. The largest absolute Gasteiger partial charge is 0.391 e. The number of carbonyl (C=O) groups is 1. The van der Waals surface area contributed by atoms with Gasteiger partial charge < -0.3 is 10.0 Å². The number of β-amino-alcohol motifs (C(OH)–C–C–N with tert-alkyl or cyclic N) is 1. The van der Waals surface area contributed by atoms with Crippen molar-refractivity contribution in [3.05, 3.63) is 0 Å². The van der Waals surface area contributed by atoms with Crippen LogP contribution < -0.4 is 0 Å². The summed E-state index contributed by atoms with van der Waals surface area (Å²) in [6.07, 6.45) is 0.501. The minimum Gasteiger partial charge on any atom is -0.391 e. The van der Waals surface area contributed by atoms with Gasteiger partial charge in [0.2, 0.25) is 5.91 Å². The Morgan fingerprint density at radius 3 is 2.60 bits per heavy atom. The summed E-state index contributed by atoms with van der Waals surface area (Å²) < 4.78 is 0. The fraction of sp³-hybridized carbons (Fsp3) is 0.909. The Balaban J connectivity index is 2.54. The molecule has 4 heteroatoms. The van der Waals surface area contributed by atoms with Crippen LogP contribution in [-0.4, -0.2) is 40.4 Å². The summed E-state index contributed by atoms with van der Waals surface area (Å²) >= 11 is 4.31. The second kappa shape index (κ2) is 5.21. The molecule has 1 saturated heterocycles. The number of piperidine rings is 1. The fourth-order valence-electron chi connectivity index (χ4n) is 1.72. The summed E-state index contributed by atoms with van der Waals surface area (Å²) in [5.41, 5.74) is 0. The van der Waals surface area contributed by atoms with E-state index in [1.54, 1.807) is 4.90 Å². The van der Waals surface area contributed by atoms with Crippen molar-refractivity contribution in [2.24, 2.45) is 11.8 Å². The van der Waals surface area contributed by atoms with Crippen molar-refractivity contribution >= 4 is 18.5 Å². The van der Waals surface area contributed by atoms with Gasteiger partial charge in [0.15, 0.2) is 0 Å². The van der Waals surface area contributed by atoms with E-state index in [-0.39, 0.29) is 23.2 Å². The first-order valence-electron chi connectivity index (χ1n) is 5.58. The van der Waals surface area contributed by atoms with Gasteiger partial charge in [-0.15, -0.1) is 0 Å². The van der Waals surface area contributed by atoms with Crippen molar-refractivity contribution in [3.8, 4) is 0 Å². The summed E-state index contributed by atoms with van der Waals surface area (Å²) in [6, 6.07) is 0. The van der Waals surface area contributed by atoms with Crippen LogP contribution in [-0.2, 0) is 4.79 Å². The Bertz CT molecular complexity index is 233. The summed E-state index contributed by atoms with van der Waals surface area (Å²) in [6.45, 7) is 7.20. The third-order valence-electron chi connectivity index (χ3n) is 3.11. The number of rotatable bonds is 2. The Morgan fingerprint density at radius 1 is 1.53 bits per heavy atom. The number of aliphatic hydroxyl groups excluding tert-OH is 1. The molecular formula is C11H21NO2S. The molecule has 0 aromatic carbocycles. The van der Waals surface area contributed by atoms with Gasteiger partial charge in [-0.25, -0.2) is 0 Å². The zero-order chi connectivity index (χ0) is 11.6. The summed E-state index contributed by atoms with van der Waals surface area (Å²) in [5.74, 6) is 0.586. The SMILES string of the molecule is CC(C)C(S)C(=O)N1CCC(C)C(O)C1. The van der Waals surface area contributed by atoms with Gasteiger partial charge in [0.25, 0.3) is 0 Å². The first-order valence-corrected chi connectivity index (χ1v) is 6.10. The van der Waals surface area contributed by atoms with E-state index in [9.17, 15) is 9.90 Å². The lowest BCUT2D eigenvalue weighted by atomic mass is 9.95. The number of thiol groups is 1. The van der Waals surface area contributed by atoms with Gasteiger partial charge in [-0.3, -0.25) is 4.79 Å². The molecule has 1 aliphatic rings. The Hall–Kier alpha value is -0.220. The van der Waals surface area contributed by atoms with Crippen LogP contribution in [0, 0.1) is 11.8 Å². The molecule has 1 N–H and O–H groups in total. The fourth-order valence-corrected chi connectivity index (χ4v) is 1.88. The van der Waals surface area contributed by atoms with Crippen molar-refractivity contribution < 1.29 is 9.90 Å². The first kappa shape index (κ1) is 12.8. The Labute approximate surface area is 97.3 Å². The van der Waals surface area contributed by atoms with Gasteiger partial charge in [0, 0.05) is 13.1 Å². The molecular weight excluding hydrogens is 210 g/mol. The van der Waals surface area contributed by atoms with E-state index < -0.39 is 0 Å². The molecule has 1 heterocycles. The van der Waals surface area contributed by atoms with Crippen molar-refractivity contribution in [3.63, 3.8) is 0 Å². The second-order valence-electron chi connectivity index (χ2n) is 4.81. The summed E-state index contributed by atoms with van der Waals surface area (Å²) in [4.78, 5) is 13.7. The highest BCUT2D eigenvalue weighted by molar-refractivity contribution is 7.81. The molecule has 0 aromatic rings. The molecule has 0 bridgehead atoms. The number of likely N-dealkylation sites (tertiary alicyclic amines) is 1. The van der Waals surface area contributed by atoms with Gasteiger partial charge in [-0.2, -0.15) is 12.6 Å². The van der Waals surface area contributed by atoms with Gasteiger partial charge in [0.1, 0.15) is 0 Å². The average Bonchev–Trinajstić information content (AvgIpc) is 2.19. The highest BCUT2D eigenvalue weighted by atomic mass is 32.1. The van der Waals surface area contributed by atoms with E-state index in [1.165, 1.54) is 0 Å². The average molecular weight is 231 g/mol. The van der Waals surface area contributed by atoms with Crippen molar-refractivity contribution in [1.29, 1.82) is 0 Å².